The van der Waals surface area contributed by atoms with Gasteiger partial charge in [0.1, 0.15) is 5.69 Å². The number of pyridine rings is 1. The van der Waals surface area contributed by atoms with Crippen molar-refractivity contribution in [2.45, 2.75) is 19.3 Å². The molecule has 0 saturated heterocycles. The van der Waals surface area contributed by atoms with Crippen molar-refractivity contribution >= 4 is 34.1 Å². The highest BCUT2D eigenvalue weighted by molar-refractivity contribution is 7.13. The molecule has 0 radical (unpaired) electrons. The lowest BCUT2D eigenvalue weighted by molar-refractivity contribution is -0.121. The van der Waals surface area contributed by atoms with Crippen molar-refractivity contribution in [3.63, 3.8) is 0 Å². The van der Waals surface area contributed by atoms with Gasteiger partial charge in [-0.2, -0.15) is 4.98 Å². The quantitative estimate of drug-likeness (QED) is 0.336. The maximum atomic E-state index is 12.9. The average molecular weight is 474 g/mol. The summed E-state index contributed by atoms with van der Waals surface area (Å²) in [6.07, 6.45) is 2.69. The molecule has 0 spiro atoms. The molecule has 5 rings (SSSR count). The molecule has 10 heteroatoms. The Hall–Kier alpha value is -4.31. The normalized spacial score (nSPS) is 10.9. The molecule has 170 valence electrons. The summed E-state index contributed by atoms with van der Waals surface area (Å²) in [7, 11) is 0. The zero-order chi connectivity index (χ0) is 23.3. The summed E-state index contributed by atoms with van der Waals surface area (Å²) in [6, 6.07) is 16.3. The number of rotatable bonds is 7. The number of para-hydroxylation sites is 1. The lowest BCUT2D eigenvalue weighted by Gasteiger charge is -2.10. The molecular formula is C24H19N5O4S. The first kappa shape index (κ1) is 21.5. The van der Waals surface area contributed by atoms with Gasteiger partial charge in [-0.3, -0.25) is 20.4 Å². The Morgan fingerprint density at radius 1 is 1.00 bits per heavy atom. The van der Waals surface area contributed by atoms with Crippen LogP contribution in [0.15, 0.2) is 75.2 Å². The predicted octanol–water partition coefficient (Wildman–Crippen LogP) is 4.39. The van der Waals surface area contributed by atoms with Crippen LogP contribution < -0.4 is 10.9 Å². The minimum atomic E-state index is -0.447. The van der Waals surface area contributed by atoms with Gasteiger partial charge >= 0.3 is 0 Å². The number of hydrazine groups is 1. The van der Waals surface area contributed by atoms with Gasteiger partial charge in [0, 0.05) is 18.2 Å². The topological polar surface area (TPSA) is 123 Å². The molecule has 34 heavy (non-hydrogen) atoms. The number of fused-ring (bicyclic) bond motifs is 1. The van der Waals surface area contributed by atoms with Gasteiger partial charge < -0.3 is 8.94 Å². The Labute approximate surface area is 197 Å². The monoisotopic (exact) mass is 473 g/mol. The maximum Gasteiger partial charge on any atom is 0.270 e. The fourth-order valence-corrected chi connectivity index (χ4v) is 4.08. The maximum absolute atomic E-state index is 12.9. The van der Waals surface area contributed by atoms with Gasteiger partial charge in [0.15, 0.2) is 5.76 Å². The largest absolute Gasteiger partial charge is 0.463 e. The zero-order valence-corrected chi connectivity index (χ0v) is 18.7. The van der Waals surface area contributed by atoms with Crippen molar-refractivity contribution in [3.05, 3.63) is 77.7 Å². The van der Waals surface area contributed by atoms with Crippen LogP contribution in [0.5, 0.6) is 0 Å². The number of thiophene rings is 1. The van der Waals surface area contributed by atoms with Crippen LogP contribution in [0.4, 0.5) is 0 Å². The molecule has 0 atom stereocenters. The van der Waals surface area contributed by atoms with E-state index in [-0.39, 0.29) is 12.3 Å². The smallest absolute Gasteiger partial charge is 0.270 e. The van der Waals surface area contributed by atoms with Crippen LogP contribution in [0.25, 0.3) is 33.1 Å². The van der Waals surface area contributed by atoms with E-state index in [0.29, 0.717) is 52.5 Å². The van der Waals surface area contributed by atoms with Gasteiger partial charge in [0.05, 0.1) is 22.2 Å². The van der Waals surface area contributed by atoms with E-state index in [1.807, 2.05) is 35.7 Å². The van der Waals surface area contributed by atoms with Crippen molar-refractivity contribution < 1.29 is 18.5 Å². The standard InChI is InChI=1S/C24H19N5O4S/c30-21(10-3-11-22-26-23(29-33-22)20-9-5-13-34-20)27-28-24(31)16-14-18(19-8-4-12-32-19)25-17-7-2-1-6-15(16)17/h1-2,4-9,12-14H,3,10-11H2,(H,27,30)(H,28,31). The second kappa shape index (κ2) is 9.67. The van der Waals surface area contributed by atoms with Crippen LogP contribution in [-0.4, -0.2) is 26.9 Å². The Morgan fingerprint density at radius 3 is 2.74 bits per heavy atom. The number of benzene rings is 1. The molecule has 4 heterocycles. The van der Waals surface area contributed by atoms with E-state index in [1.54, 1.807) is 30.5 Å². The SMILES string of the molecule is O=C(CCCc1nc(-c2cccs2)no1)NNC(=O)c1cc(-c2ccco2)nc2ccccc12. The second-order valence-corrected chi connectivity index (χ2v) is 8.34. The summed E-state index contributed by atoms with van der Waals surface area (Å²) < 4.78 is 10.7. The summed E-state index contributed by atoms with van der Waals surface area (Å²) in [5, 5.41) is 6.56. The van der Waals surface area contributed by atoms with E-state index in [0.717, 1.165) is 4.88 Å². The summed E-state index contributed by atoms with van der Waals surface area (Å²) >= 11 is 1.53. The number of nitrogens with zero attached hydrogens (tertiary/aromatic N) is 3. The number of hydrogen-bond donors (Lipinski definition) is 2. The van der Waals surface area contributed by atoms with Crippen LogP contribution in [0.1, 0.15) is 29.1 Å². The van der Waals surface area contributed by atoms with Gasteiger partial charge in [-0.15, -0.1) is 11.3 Å². The Bertz CT molecular complexity index is 1430. The number of carbonyl (C=O) groups is 2. The van der Waals surface area contributed by atoms with Gasteiger partial charge in [0.25, 0.3) is 5.91 Å². The average Bonchev–Trinajstić information content (AvgIpc) is 3.64. The molecule has 0 fully saturated rings. The first-order chi connectivity index (χ1) is 16.7. The van der Waals surface area contributed by atoms with Gasteiger partial charge in [0.2, 0.25) is 17.6 Å². The van der Waals surface area contributed by atoms with Crippen molar-refractivity contribution in [3.8, 4) is 22.2 Å². The van der Waals surface area contributed by atoms with Crippen LogP contribution in [0, 0.1) is 0 Å². The predicted molar refractivity (Wildman–Crippen MR) is 126 cm³/mol. The highest BCUT2D eigenvalue weighted by Crippen LogP contribution is 2.25. The molecule has 0 aliphatic rings. The fourth-order valence-electron chi connectivity index (χ4n) is 3.43. The van der Waals surface area contributed by atoms with E-state index >= 15 is 0 Å². The number of hydrogen-bond acceptors (Lipinski definition) is 8. The van der Waals surface area contributed by atoms with Gasteiger partial charge in [-0.1, -0.05) is 29.4 Å². The molecule has 0 aliphatic carbocycles. The van der Waals surface area contributed by atoms with Crippen molar-refractivity contribution in [1.29, 1.82) is 0 Å². The third-order valence-electron chi connectivity index (χ3n) is 5.05. The second-order valence-electron chi connectivity index (χ2n) is 7.39. The Morgan fingerprint density at radius 2 is 1.91 bits per heavy atom. The molecule has 0 bridgehead atoms. The lowest BCUT2D eigenvalue weighted by atomic mass is 10.1. The number of aromatic nitrogens is 3. The minimum Gasteiger partial charge on any atom is -0.463 e. The first-order valence-corrected chi connectivity index (χ1v) is 11.4. The fraction of sp³-hybridized carbons (Fsp3) is 0.125. The first-order valence-electron chi connectivity index (χ1n) is 10.6. The zero-order valence-electron chi connectivity index (χ0n) is 17.9. The van der Waals surface area contributed by atoms with Crippen molar-refractivity contribution in [2.24, 2.45) is 0 Å². The van der Waals surface area contributed by atoms with E-state index in [4.69, 9.17) is 8.94 Å². The molecule has 2 N–H and O–H groups in total. The molecule has 0 aliphatic heterocycles. The van der Waals surface area contributed by atoms with E-state index in [1.165, 1.54) is 11.3 Å². The van der Waals surface area contributed by atoms with E-state index in [2.05, 4.69) is 26.0 Å². The van der Waals surface area contributed by atoms with E-state index in [9.17, 15) is 9.59 Å². The van der Waals surface area contributed by atoms with Crippen molar-refractivity contribution in [1.82, 2.24) is 26.0 Å². The van der Waals surface area contributed by atoms with Crippen LogP contribution >= 0.6 is 11.3 Å². The number of nitrogens with one attached hydrogen (secondary N) is 2. The highest BCUT2D eigenvalue weighted by atomic mass is 32.1. The Kier molecular flexibility index (Phi) is 6.13. The van der Waals surface area contributed by atoms with Crippen LogP contribution in [-0.2, 0) is 11.2 Å². The van der Waals surface area contributed by atoms with E-state index < -0.39 is 5.91 Å². The third-order valence-corrected chi connectivity index (χ3v) is 5.92. The summed E-state index contributed by atoms with van der Waals surface area (Å²) in [4.78, 5) is 35.0. The molecule has 2 amide bonds. The molecule has 4 aromatic heterocycles. The highest BCUT2D eigenvalue weighted by Gasteiger charge is 2.16. The third kappa shape index (κ3) is 4.71. The molecular weight excluding hydrogens is 454 g/mol. The number of furan rings is 1. The molecule has 0 unspecified atom stereocenters. The Balaban J connectivity index is 1.18. The molecule has 5 aromatic rings. The summed E-state index contributed by atoms with van der Waals surface area (Å²) in [6.45, 7) is 0. The summed E-state index contributed by atoms with van der Waals surface area (Å²) in [5.74, 6) is 0.787. The number of carbonyl (C=O) groups excluding carboxylic acids is 2. The molecule has 0 saturated carbocycles. The van der Waals surface area contributed by atoms with Crippen LogP contribution in [0.3, 0.4) is 0 Å². The molecule has 1 aromatic carbocycles. The minimum absolute atomic E-state index is 0.186. The van der Waals surface area contributed by atoms with Crippen molar-refractivity contribution in [2.75, 3.05) is 0 Å². The van der Waals surface area contributed by atoms with Gasteiger partial charge in [-0.05, 0) is 42.1 Å². The molecule has 9 nitrogen and oxygen atoms in total. The number of aryl methyl sites for hydroxylation is 1. The number of amides is 2. The van der Waals surface area contributed by atoms with Gasteiger partial charge in [-0.25, -0.2) is 4.98 Å². The lowest BCUT2D eigenvalue weighted by Crippen LogP contribution is -2.41. The van der Waals surface area contributed by atoms with Crippen LogP contribution in [0.2, 0.25) is 0 Å². The summed E-state index contributed by atoms with van der Waals surface area (Å²) in [5.41, 5.74) is 6.51.